The molecule has 2 N–H and O–H groups in total. The number of ether oxygens (including phenoxy) is 1. The quantitative estimate of drug-likeness (QED) is 0.200. The molecule has 8 heteroatoms. The number of methoxy groups -OCH3 is 1. The van der Waals surface area contributed by atoms with E-state index in [0.717, 1.165) is 51.1 Å². The molecule has 144 valence electrons. The lowest BCUT2D eigenvalue weighted by molar-refractivity contribution is -0.149. The van der Waals surface area contributed by atoms with Crippen molar-refractivity contribution in [2.75, 3.05) is 7.11 Å². The Balaban J connectivity index is 2.25. The monoisotopic (exact) mass is 392 g/mol. The zero-order valence-electron chi connectivity index (χ0n) is 14.9. The van der Waals surface area contributed by atoms with E-state index < -0.39 is 23.3 Å². The Morgan fingerprint density at radius 3 is 2.48 bits per heavy atom. The summed E-state index contributed by atoms with van der Waals surface area (Å²) >= 11 is 5.16. The fraction of sp³-hybridized carbons (Fsp3) is 0.368. The summed E-state index contributed by atoms with van der Waals surface area (Å²) in [7, 11) is 1.05. The molecule has 0 spiro atoms. The first-order valence-electron chi connectivity index (χ1n) is 8.58. The Bertz CT molecular complexity index is 768. The molecule has 27 heavy (non-hydrogen) atoms. The molecular weight excluding hydrogens is 371 g/mol. The normalized spacial score (nSPS) is 15.9. The van der Waals surface area contributed by atoms with Crippen LogP contribution in [0.1, 0.15) is 37.7 Å². The van der Waals surface area contributed by atoms with Gasteiger partial charge in [0.25, 0.3) is 5.78 Å². The number of Topliss-reactive ketones (excluding diaryl/α,β-unsaturated/α-hetero) is 1. The molecule has 1 fully saturated rings. The van der Waals surface area contributed by atoms with Crippen LogP contribution in [-0.2, 0) is 14.3 Å². The van der Waals surface area contributed by atoms with Crippen LogP contribution in [0, 0.1) is 5.82 Å². The van der Waals surface area contributed by atoms with Gasteiger partial charge < -0.3 is 15.2 Å². The first-order chi connectivity index (χ1) is 12.9. The Kier molecular flexibility index (Phi) is 7.60. The van der Waals surface area contributed by atoms with Crippen LogP contribution in [0.25, 0.3) is 5.76 Å². The Labute approximate surface area is 162 Å². The third-order valence-electron chi connectivity index (χ3n) is 4.23. The van der Waals surface area contributed by atoms with Gasteiger partial charge in [-0.3, -0.25) is 4.79 Å². The van der Waals surface area contributed by atoms with Gasteiger partial charge in [-0.15, -0.1) is 0 Å². The molecule has 6 nitrogen and oxygen atoms in total. The van der Waals surface area contributed by atoms with Crippen LogP contribution in [-0.4, -0.2) is 41.3 Å². The summed E-state index contributed by atoms with van der Waals surface area (Å²) in [4.78, 5) is 27.8. The van der Waals surface area contributed by atoms with Crippen molar-refractivity contribution in [3.05, 3.63) is 41.2 Å². The number of aliphatic hydroxyl groups excluding tert-OH is 1. The zero-order chi connectivity index (χ0) is 19.8. The highest BCUT2D eigenvalue weighted by Crippen LogP contribution is 2.18. The smallest absolute Gasteiger partial charge is 0.379 e. The van der Waals surface area contributed by atoms with E-state index in [1.165, 1.54) is 18.6 Å². The summed E-state index contributed by atoms with van der Waals surface area (Å²) < 4.78 is 17.5. The summed E-state index contributed by atoms with van der Waals surface area (Å²) in [5.74, 6) is -3.26. The fourth-order valence-corrected chi connectivity index (χ4v) is 2.99. The lowest BCUT2D eigenvalue weighted by atomic mass is 9.96. The van der Waals surface area contributed by atoms with Crippen molar-refractivity contribution in [3.63, 3.8) is 0 Å². The molecular formula is C19H21FN2O4S. The van der Waals surface area contributed by atoms with Crippen molar-refractivity contribution in [1.29, 1.82) is 0 Å². The average molecular weight is 392 g/mol. The number of hydrogen-bond donors (Lipinski definition) is 2. The van der Waals surface area contributed by atoms with Crippen LogP contribution < -0.4 is 5.32 Å². The molecule has 0 heterocycles. The van der Waals surface area contributed by atoms with Crippen LogP contribution in [0.5, 0.6) is 0 Å². The molecule has 0 amide bonds. The third kappa shape index (κ3) is 5.96. The highest BCUT2D eigenvalue weighted by Gasteiger charge is 2.23. The molecule has 0 saturated heterocycles. The fourth-order valence-electron chi connectivity index (χ4n) is 2.78. The van der Waals surface area contributed by atoms with Crippen molar-refractivity contribution in [1.82, 2.24) is 5.32 Å². The number of aliphatic imine (C=N–C) groups is 1. The number of hydrogen-bond acceptors (Lipinski definition) is 5. The first-order valence-corrected chi connectivity index (χ1v) is 8.99. The van der Waals surface area contributed by atoms with E-state index >= 15 is 0 Å². The summed E-state index contributed by atoms with van der Waals surface area (Å²) in [5, 5.41) is 13.6. The molecule has 2 rings (SSSR count). The number of nitrogens with zero attached hydrogens (tertiary/aromatic N) is 1. The van der Waals surface area contributed by atoms with E-state index in [9.17, 15) is 19.1 Å². The first kappa shape index (κ1) is 20.7. The molecule has 0 unspecified atom stereocenters. The number of esters is 1. The van der Waals surface area contributed by atoms with Crippen LogP contribution >= 0.6 is 12.2 Å². The van der Waals surface area contributed by atoms with Crippen molar-refractivity contribution < 1.29 is 23.8 Å². The minimum absolute atomic E-state index is 0.154. The van der Waals surface area contributed by atoms with E-state index in [0.29, 0.717) is 0 Å². The Hall–Kier alpha value is -2.61. The van der Waals surface area contributed by atoms with Gasteiger partial charge in [0.2, 0.25) is 0 Å². The second kappa shape index (κ2) is 9.91. The van der Waals surface area contributed by atoms with Gasteiger partial charge in [-0.05, 0) is 49.3 Å². The third-order valence-corrected chi connectivity index (χ3v) is 4.46. The summed E-state index contributed by atoms with van der Waals surface area (Å²) in [6.07, 6.45) is 6.42. The Morgan fingerprint density at radius 2 is 1.89 bits per heavy atom. The maximum Gasteiger partial charge on any atom is 0.379 e. The standard InChI is InChI=1S/C19H21FN2O4S/c1-26-18(25)17(24)15(16(23)12-7-9-13(20)10-8-12)11-21-19(27)22-14-5-3-2-4-6-14/h7-11,14,23H,2-6H2,1H3,(H,22,27)/b16-15+,21-11+. The van der Waals surface area contributed by atoms with Crippen molar-refractivity contribution in [2.24, 2.45) is 4.99 Å². The van der Waals surface area contributed by atoms with E-state index in [1.54, 1.807) is 0 Å². The van der Waals surface area contributed by atoms with E-state index in [-0.39, 0.29) is 22.3 Å². The topological polar surface area (TPSA) is 88.0 Å². The lowest BCUT2D eigenvalue weighted by Crippen LogP contribution is -2.34. The van der Waals surface area contributed by atoms with Gasteiger partial charge in [0.15, 0.2) is 5.11 Å². The second-order valence-electron chi connectivity index (χ2n) is 6.13. The number of halogens is 1. The summed E-state index contributed by atoms with van der Waals surface area (Å²) in [5.41, 5.74) is -0.234. The van der Waals surface area contributed by atoms with E-state index in [2.05, 4.69) is 15.0 Å². The van der Waals surface area contributed by atoms with Gasteiger partial charge in [-0.1, -0.05) is 19.3 Å². The van der Waals surface area contributed by atoms with Crippen LogP contribution in [0.3, 0.4) is 0 Å². The SMILES string of the molecule is COC(=O)C(=O)C(/C=N/C(=S)NC1CCCCC1)=C(/O)c1ccc(F)cc1. The number of carbonyl (C=O) groups excluding carboxylic acids is 2. The number of nitrogens with one attached hydrogen (secondary N) is 1. The molecule has 0 bridgehead atoms. The minimum Gasteiger partial charge on any atom is -0.506 e. The second-order valence-corrected chi connectivity index (χ2v) is 6.52. The minimum atomic E-state index is -1.16. The molecule has 1 aliphatic rings. The van der Waals surface area contributed by atoms with E-state index in [1.807, 2.05) is 0 Å². The van der Waals surface area contributed by atoms with Gasteiger partial charge in [0.05, 0.1) is 12.7 Å². The lowest BCUT2D eigenvalue weighted by Gasteiger charge is -2.22. The molecule has 1 aromatic carbocycles. The van der Waals surface area contributed by atoms with Crippen molar-refractivity contribution in [3.8, 4) is 0 Å². The summed E-state index contributed by atoms with van der Waals surface area (Å²) in [6, 6.07) is 5.03. The van der Waals surface area contributed by atoms with Crippen molar-refractivity contribution >= 4 is 41.1 Å². The molecule has 0 aromatic heterocycles. The highest BCUT2D eigenvalue weighted by atomic mass is 32.1. The maximum atomic E-state index is 13.1. The predicted molar refractivity (Wildman–Crippen MR) is 104 cm³/mol. The number of benzene rings is 1. The highest BCUT2D eigenvalue weighted by molar-refractivity contribution is 7.80. The number of rotatable bonds is 5. The van der Waals surface area contributed by atoms with Crippen LogP contribution in [0.4, 0.5) is 4.39 Å². The maximum absolute atomic E-state index is 13.1. The van der Waals surface area contributed by atoms with Gasteiger partial charge in [0.1, 0.15) is 11.6 Å². The molecule has 0 atom stereocenters. The molecule has 0 aliphatic heterocycles. The average Bonchev–Trinajstić information content (AvgIpc) is 2.68. The van der Waals surface area contributed by atoms with Crippen molar-refractivity contribution in [2.45, 2.75) is 38.1 Å². The number of ketones is 1. The molecule has 0 radical (unpaired) electrons. The molecule has 1 aliphatic carbocycles. The largest absolute Gasteiger partial charge is 0.506 e. The van der Waals surface area contributed by atoms with E-state index in [4.69, 9.17) is 12.2 Å². The van der Waals surface area contributed by atoms with Gasteiger partial charge in [-0.25, -0.2) is 14.2 Å². The van der Waals surface area contributed by atoms with Gasteiger partial charge in [-0.2, -0.15) is 0 Å². The van der Waals surface area contributed by atoms with Crippen LogP contribution in [0.15, 0.2) is 34.8 Å². The summed E-state index contributed by atoms with van der Waals surface area (Å²) in [6.45, 7) is 0. The molecule has 1 aromatic rings. The number of thiocarbonyl (C=S) groups is 1. The Morgan fingerprint density at radius 1 is 1.26 bits per heavy atom. The predicted octanol–water partition coefficient (Wildman–Crippen LogP) is 3.11. The molecule has 1 saturated carbocycles. The number of carbonyl (C=O) groups is 2. The number of aliphatic hydroxyl groups is 1. The van der Waals surface area contributed by atoms with Crippen LogP contribution in [0.2, 0.25) is 0 Å². The van der Waals surface area contributed by atoms with Gasteiger partial charge in [0, 0.05) is 17.8 Å². The van der Waals surface area contributed by atoms with Gasteiger partial charge >= 0.3 is 5.97 Å². The zero-order valence-corrected chi connectivity index (χ0v) is 15.7.